The maximum Gasteiger partial charge on any atom is 0.257 e. The summed E-state index contributed by atoms with van der Waals surface area (Å²) < 4.78 is 18.1. The van der Waals surface area contributed by atoms with Gasteiger partial charge in [0.1, 0.15) is 11.6 Å². The predicted molar refractivity (Wildman–Crippen MR) is 82.9 cm³/mol. The normalized spacial score (nSPS) is 10.3. The topological polar surface area (TPSA) is 50.4 Å². The molecule has 2 N–H and O–H groups in total. The average Bonchev–Trinajstić information content (AvgIpc) is 2.55. The number of amides is 1. The van der Waals surface area contributed by atoms with Gasteiger partial charge in [-0.05, 0) is 35.4 Å². The molecule has 0 fully saturated rings. The summed E-state index contributed by atoms with van der Waals surface area (Å²) in [5.41, 5.74) is 2.14. The fourth-order valence-corrected chi connectivity index (χ4v) is 1.88. The van der Waals surface area contributed by atoms with E-state index < -0.39 is 0 Å². The van der Waals surface area contributed by atoms with E-state index in [1.54, 1.807) is 19.2 Å². The first-order valence-corrected chi connectivity index (χ1v) is 7.05. The van der Waals surface area contributed by atoms with E-state index in [1.165, 1.54) is 12.1 Å². The summed E-state index contributed by atoms with van der Waals surface area (Å²) in [6.07, 6.45) is 0. The van der Waals surface area contributed by atoms with Crippen LogP contribution in [0, 0.1) is 5.82 Å². The molecule has 116 valence electrons. The average molecular weight is 302 g/mol. The fraction of sp³-hybridized carbons (Fsp3) is 0.235. The van der Waals surface area contributed by atoms with E-state index in [4.69, 9.17) is 4.74 Å². The highest BCUT2D eigenvalue weighted by Crippen LogP contribution is 2.12. The van der Waals surface area contributed by atoms with Crippen LogP contribution in [0.1, 0.15) is 11.1 Å². The molecule has 0 aliphatic heterocycles. The van der Waals surface area contributed by atoms with Crippen LogP contribution < -0.4 is 15.4 Å². The number of ether oxygens (including phenoxy) is 1. The van der Waals surface area contributed by atoms with Crippen LogP contribution in [0.5, 0.6) is 5.75 Å². The van der Waals surface area contributed by atoms with Crippen molar-refractivity contribution < 1.29 is 13.9 Å². The lowest BCUT2D eigenvalue weighted by Gasteiger charge is -2.08. The van der Waals surface area contributed by atoms with Crippen LogP contribution in [0.4, 0.5) is 4.39 Å². The summed E-state index contributed by atoms with van der Waals surface area (Å²) in [5.74, 6) is 0.270. The van der Waals surface area contributed by atoms with Gasteiger partial charge in [-0.3, -0.25) is 4.79 Å². The van der Waals surface area contributed by atoms with E-state index >= 15 is 0 Å². The van der Waals surface area contributed by atoms with Gasteiger partial charge in [-0.15, -0.1) is 0 Å². The van der Waals surface area contributed by atoms with Crippen LogP contribution in [0.3, 0.4) is 0 Å². The van der Waals surface area contributed by atoms with Gasteiger partial charge in [0.25, 0.3) is 5.91 Å². The maximum atomic E-state index is 12.8. The molecule has 0 spiro atoms. The number of nitrogens with one attached hydrogen (secondary N) is 2. The smallest absolute Gasteiger partial charge is 0.257 e. The Bertz CT molecular complexity index is 597. The van der Waals surface area contributed by atoms with Gasteiger partial charge >= 0.3 is 0 Å². The monoisotopic (exact) mass is 302 g/mol. The van der Waals surface area contributed by atoms with Crippen LogP contribution in [-0.4, -0.2) is 19.6 Å². The van der Waals surface area contributed by atoms with Crippen molar-refractivity contribution in [1.29, 1.82) is 0 Å². The molecule has 0 saturated heterocycles. The van der Waals surface area contributed by atoms with E-state index in [1.807, 2.05) is 24.3 Å². The molecule has 0 radical (unpaired) electrons. The second-order valence-electron chi connectivity index (χ2n) is 4.84. The van der Waals surface area contributed by atoms with E-state index in [0.29, 0.717) is 18.8 Å². The molecule has 22 heavy (non-hydrogen) atoms. The van der Waals surface area contributed by atoms with Crippen molar-refractivity contribution in [1.82, 2.24) is 10.6 Å². The van der Waals surface area contributed by atoms with Crippen LogP contribution >= 0.6 is 0 Å². The van der Waals surface area contributed by atoms with Crippen LogP contribution in [0.25, 0.3) is 0 Å². The van der Waals surface area contributed by atoms with Crippen molar-refractivity contribution in [2.45, 2.75) is 13.1 Å². The van der Waals surface area contributed by atoms with Gasteiger partial charge in [-0.25, -0.2) is 4.39 Å². The molecule has 0 aliphatic rings. The Morgan fingerprint density at radius 3 is 2.09 bits per heavy atom. The van der Waals surface area contributed by atoms with Gasteiger partial charge in [-0.2, -0.15) is 0 Å². The number of halogens is 1. The third-order valence-corrected chi connectivity index (χ3v) is 3.14. The summed E-state index contributed by atoms with van der Waals surface area (Å²) in [7, 11) is 1.57. The second-order valence-corrected chi connectivity index (χ2v) is 4.84. The molecule has 4 nitrogen and oxygen atoms in total. The molecular formula is C17H19FN2O2. The molecular weight excluding hydrogens is 283 g/mol. The standard InChI is InChI=1S/C17H19FN2O2/c1-19-17(21)12-22-16-8-4-14(5-9-16)11-20-10-13-2-6-15(18)7-3-13/h2-9,20H,10-12H2,1H3,(H,19,21). The van der Waals surface area contributed by atoms with Gasteiger partial charge in [-0.1, -0.05) is 24.3 Å². The van der Waals surface area contributed by atoms with Gasteiger partial charge in [0.2, 0.25) is 0 Å². The van der Waals surface area contributed by atoms with Gasteiger partial charge in [0.15, 0.2) is 6.61 Å². The van der Waals surface area contributed by atoms with Crippen molar-refractivity contribution >= 4 is 5.91 Å². The molecule has 5 heteroatoms. The highest BCUT2D eigenvalue weighted by molar-refractivity contribution is 5.77. The minimum absolute atomic E-state index is 0.0126. The highest BCUT2D eigenvalue weighted by Gasteiger charge is 2.00. The summed E-state index contributed by atoms with van der Waals surface area (Å²) in [5, 5.41) is 5.78. The highest BCUT2D eigenvalue weighted by atomic mass is 19.1. The molecule has 1 amide bonds. The molecule has 2 rings (SSSR count). The minimum atomic E-state index is -0.226. The Morgan fingerprint density at radius 2 is 1.55 bits per heavy atom. The molecule has 2 aromatic rings. The van der Waals surface area contributed by atoms with Crippen molar-refractivity contribution in [3.05, 3.63) is 65.5 Å². The molecule has 0 aliphatic carbocycles. The number of hydrogen-bond acceptors (Lipinski definition) is 3. The Labute approximate surface area is 129 Å². The molecule has 0 atom stereocenters. The largest absolute Gasteiger partial charge is 0.484 e. The minimum Gasteiger partial charge on any atom is -0.484 e. The Morgan fingerprint density at radius 1 is 1.00 bits per heavy atom. The lowest BCUT2D eigenvalue weighted by atomic mass is 10.2. The Kier molecular flexibility index (Phi) is 5.91. The van der Waals surface area contributed by atoms with Crippen molar-refractivity contribution in [2.24, 2.45) is 0 Å². The third kappa shape index (κ3) is 5.18. The zero-order chi connectivity index (χ0) is 15.8. The second kappa shape index (κ2) is 8.14. The van der Waals surface area contributed by atoms with Crippen LogP contribution in [0.2, 0.25) is 0 Å². The van der Waals surface area contributed by atoms with Crippen LogP contribution in [0.15, 0.2) is 48.5 Å². The van der Waals surface area contributed by atoms with Crippen LogP contribution in [-0.2, 0) is 17.9 Å². The lowest BCUT2D eigenvalue weighted by Crippen LogP contribution is -2.24. The van der Waals surface area contributed by atoms with Gasteiger partial charge in [0.05, 0.1) is 0 Å². The third-order valence-electron chi connectivity index (χ3n) is 3.14. The zero-order valence-electron chi connectivity index (χ0n) is 12.4. The maximum absolute atomic E-state index is 12.8. The summed E-state index contributed by atoms with van der Waals surface area (Å²) in [4.78, 5) is 11.1. The number of hydrogen-bond donors (Lipinski definition) is 2. The summed E-state index contributed by atoms with van der Waals surface area (Å²) >= 11 is 0. The van der Waals surface area contributed by atoms with E-state index in [-0.39, 0.29) is 18.3 Å². The molecule has 0 unspecified atom stereocenters. The molecule has 0 aromatic heterocycles. The molecule has 0 heterocycles. The number of benzene rings is 2. The van der Waals surface area contributed by atoms with E-state index in [2.05, 4.69) is 10.6 Å². The number of carbonyl (C=O) groups excluding carboxylic acids is 1. The van der Waals surface area contributed by atoms with Crippen molar-refractivity contribution in [2.75, 3.05) is 13.7 Å². The van der Waals surface area contributed by atoms with Gasteiger partial charge in [0, 0.05) is 20.1 Å². The van der Waals surface area contributed by atoms with E-state index in [9.17, 15) is 9.18 Å². The Balaban J connectivity index is 1.76. The number of likely N-dealkylation sites (N-methyl/N-ethyl adjacent to an activating group) is 1. The first-order valence-electron chi connectivity index (χ1n) is 7.05. The van der Waals surface area contributed by atoms with Crippen molar-refractivity contribution in [3.8, 4) is 5.75 Å². The van der Waals surface area contributed by atoms with Crippen molar-refractivity contribution in [3.63, 3.8) is 0 Å². The molecule has 0 saturated carbocycles. The molecule has 2 aromatic carbocycles. The van der Waals surface area contributed by atoms with E-state index in [0.717, 1.165) is 11.1 Å². The lowest BCUT2D eigenvalue weighted by molar-refractivity contribution is -0.122. The summed E-state index contributed by atoms with van der Waals surface area (Å²) in [6, 6.07) is 14.0. The SMILES string of the molecule is CNC(=O)COc1ccc(CNCc2ccc(F)cc2)cc1. The number of rotatable bonds is 7. The Hall–Kier alpha value is -2.40. The quantitative estimate of drug-likeness (QED) is 0.825. The summed E-state index contributed by atoms with van der Waals surface area (Å²) in [6.45, 7) is 1.39. The van der Waals surface area contributed by atoms with Gasteiger partial charge < -0.3 is 15.4 Å². The fourth-order valence-electron chi connectivity index (χ4n) is 1.88. The first-order chi connectivity index (χ1) is 10.7. The first kappa shape index (κ1) is 16.0. The predicted octanol–water partition coefficient (Wildman–Crippen LogP) is 2.24. The molecule has 0 bridgehead atoms. The zero-order valence-corrected chi connectivity index (χ0v) is 12.4. The number of carbonyl (C=O) groups is 1.